The van der Waals surface area contributed by atoms with Gasteiger partial charge in [0.1, 0.15) is 0 Å². The van der Waals surface area contributed by atoms with Gasteiger partial charge in [-0.2, -0.15) is 0 Å². The van der Waals surface area contributed by atoms with Crippen molar-refractivity contribution in [1.82, 2.24) is 10.2 Å². The summed E-state index contributed by atoms with van der Waals surface area (Å²) in [6, 6.07) is 5.26. The van der Waals surface area contributed by atoms with E-state index < -0.39 is 0 Å². The van der Waals surface area contributed by atoms with Crippen LogP contribution in [0, 0.1) is 0 Å². The normalized spacial score (nSPS) is 14.2. The molecule has 0 unspecified atom stereocenters. The third kappa shape index (κ3) is 5.18. The maximum atomic E-state index is 11.8. The van der Waals surface area contributed by atoms with Crippen molar-refractivity contribution in [2.75, 3.05) is 19.6 Å². The Morgan fingerprint density at radius 2 is 1.86 bits per heavy atom. The van der Waals surface area contributed by atoms with Crippen LogP contribution in [0.2, 0.25) is 10.0 Å². The van der Waals surface area contributed by atoms with Gasteiger partial charge < -0.3 is 10.2 Å². The van der Waals surface area contributed by atoms with Crippen molar-refractivity contribution in [1.29, 1.82) is 0 Å². The van der Waals surface area contributed by atoms with E-state index >= 15 is 0 Å². The van der Waals surface area contributed by atoms with Crippen LogP contribution in [0.1, 0.15) is 31.2 Å². The van der Waals surface area contributed by atoms with Crippen molar-refractivity contribution in [3.8, 4) is 0 Å². The average Bonchev–Trinajstić information content (AvgIpc) is 3.00. The van der Waals surface area contributed by atoms with E-state index in [4.69, 9.17) is 23.2 Å². The maximum Gasteiger partial charge on any atom is 0.224 e. The lowest BCUT2D eigenvalue weighted by atomic mass is 10.1. The largest absolute Gasteiger partial charge is 0.356 e. The van der Waals surface area contributed by atoms with Gasteiger partial charge in [-0.25, -0.2) is 0 Å². The van der Waals surface area contributed by atoms with Crippen LogP contribution >= 0.6 is 23.2 Å². The van der Waals surface area contributed by atoms with Crippen LogP contribution in [0.5, 0.6) is 0 Å². The molecule has 0 bridgehead atoms. The molecule has 1 N–H and O–H groups in total. The van der Waals surface area contributed by atoms with Crippen LogP contribution < -0.4 is 5.32 Å². The topological polar surface area (TPSA) is 49.4 Å². The second kappa shape index (κ2) is 8.39. The Balaban J connectivity index is 1.66. The third-order valence-electron chi connectivity index (χ3n) is 3.76. The molecule has 1 aromatic carbocycles. The van der Waals surface area contributed by atoms with E-state index in [1.54, 1.807) is 12.1 Å². The number of amides is 2. The zero-order valence-electron chi connectivity index (χ0n) is 12.4. The predicted octanol–water partition coefficient (Wildman–Crippen LogP) is 3.05. The lowest BCUT2D eigenvalue weighted by Crippen LogP contribution is -2.32. The first-order valence-corrected chi connectivity index (χ1v) is 8.30. The Labute approximate surface area is 140 Å². The average molecular weight is 343 g/mol. The first kappa shape index (κ1) is 17.1. The van der Waals surface area contributed by atoms with Gasteiger partial charge in [-0.05, 0) is 37.0 Å². The van der Waals surface area contributed by atoms with Crippen molar-refractivity contribution < 1.29 is 9.59 Å². The summed E-state index contributed by atoms with van der Waals surface area (Å²) in [7, 11) is 0. The van der Waals surface area contributed by atoms with Crippen molar-refractivity contribution in [3.05, 3.63) is 33.8 Å². The monoisotopic (exact) mass is 342 g/mol. The Hall–Kier alpha value is -1.26. The zero-order chi connectivity index (χ0) is 15.9. The quantitative estimate of drug-likeness (QED) is 0.863. The van der Waals surface area contributed by atoms with Gasteiger partial charge in [0.15, 0.2) is 0 Å². The molecule has 2 amide bonds. The molecular formula is C16H20Cl2N2O2. The van der Waals surface area contributed by atoms with Crippen molar-refractivity contribution in [2.45, 2.75) is 32.1 Å². The number of halogens is 2. The molecule has 120 valence electrons. The van der Waals surface area contributed by atoms with Gasteiger partial charge in [0, 0.05) is 42.5 Å². The molecule has 0 saturated carbocycles. The van der Waals surface area contributed by atoms with Gasteiger partial charge in [0.05, 0.1) is 0 Å². The molecule has 1 fully saturated rings. The lowest BCUT2D eigenvalue weighted by molar-refractivity contribution is -0.130. The molecule has 0 aliphatic carbocycles. The van der Waals surface area contributed by atoms with Crippen molar-refractivity contribution in [3.63, 3.8) is 0 Å². The molecule has 1 aliphatic rings. The number of aryl methyl sites for hydroxylation is 1. The fourth-order valence-corrected chi connectivity index (χ4v) is 3.00. The lowest BCUT2D eigenvalue weighted by Gasteiger charge is -2.15. The maximum absolute atomic E-state index is 11.8. The van der Waals surface area contributed by atoms with Crippen molar-refractivity contribution in [2.24, 2.45) is 0 Å². The van der Waals surface area contributed by atoms with Gasteiger partial charge >= 0.3 is 0 Å². The minimum atomic E-state index is -0.0692. The highest BCUT2D eigenvalue weighted by Gasteiger charge is 2.17. The van der Waals surface area contributed by atoms with Crippen LogP contribution in [0.15, 0.2) is 18.2 Å². The molecule has 1 aliphatic heterocycles. The number of hydrogen-bond donors (Lipinski definition) is 1. The van der Waals surface area contributed by atoms with Crippen LogP contribution in [0.4, 0.5) is 0 Å². The van der Waals surface area contributed by atoms with E-state index in [0.29, 0.717) is 35.9 Å². The van der Waals surface area contributed by atoms with E-state index in [0.717, 1.165) is 31.5 Å². The summed E-state index contributed by atoms with van der Waals surface area (Å²) in [6.07, 6.45) is 3.44. The number of likely N-dealkylation sites (tertiary alicyclic amines) is 1. The predicted molar refractivity (Wildman–Crippen MR) is 88.2 cm³/mol. The number of benzene rings is 1. The Kier molecular flexibility index (Phi) is 6.52. The van der Waals surface area contributed by atoms with Gasteiger partial charge in [-0.3, -0.25) is 9.59 Å². The molecule has 0 atom stereocenters. The summed E-state index contributed by atoms with van der Waals surface area (Å²) in [5, 5.41) is 3.94. The zero-order valence-corrected chi connectivity index (χ0v) is 13.9. The minimum Gasteiger partial charge on any atom is -0.356 e. The summed E-state index contributed by atoms with van der Waals surface area (Å²) in [4.78, 5) is 25.5. The van der Waals surface area contributed by atoms with Gasteiger partial charge in [-0.15, -0.1) is 0 Å². The number of nitrogens with one attached hydrogen (secondary N) is 1. The second-order valence-electron chi connectivity index (χ2n) is 5.42. The fraction of sp³-hybridized carbons (Fsp3) is 0.500. The first-order valence-electron chi connectivity index (χ1n) is 7.54. The number of hydrogen-bond acceptors (Lipinski definition) is 2. The molecule has 22 heavy (non-hydrogen) atoms. The Bertz CT molecular complexity index is 543. The number of carbonyl (C=O) groups excluding carboxylic acids is 2. The van der Waals surface area contributed by atoms with E-state index in [1.807, 2.05) is 11.0 Å². The second-order valence-corrected chi connectivity index (χ2v) is 6.27. The van der Waals surface area contributed by atoms with Gasteiger partial charge in [0.2, 0.25) is 11.8 Å². The van der Waals surface area contributed by atoms with E-state index in [1.165, 1.54) is 0 Å². The summed E-state index contributed by atoms with van der Waals surface area (Å²) < 4.78 is 0. The first-order chi connectivity index (χ1) is 10.6. The summed E-state index contributed by atoms with van der Waals surface area (Å²) in [6.45, 7) is 2.09. The number of rotatable bonds is 6. The molecule has 0 radical (unpaired) electrons. The molecule has 1 heterocycles. The molecule has 2 rings (SSSR count). The molecule has 4 nitrogen and oxygen atoms in total. The molecule has 6 heteroatoms. The van der Waals surface area contributed by atoms with Crippen molar-refractivity contribution >= 4 is 35.0 Å². The summed E-state index contributed by atoms with van der Waals surface area (Å²) in [5.74, 6) is 0.0544. The van der Waals surface area contributed by atoms with Gasteiger partial charge in [0.25, 0.3) is 0 Å². The van der Waals surface area contributed by atoms with E-state index in [2.05, 4.69) is 5.32 Å². The SMILES string of the molecule is O=C(CCc1ccc(Cl)cc1Cl)NCCC(=O)N1CCCC1. The van der Waals surface area contributed by atoms with E-state index in [-0.39, 0.29) is 11.8 Å². The van der Waals surface area contributed by atoms with Crippen LogP contribution in [0.25, 0.3) is 0 Å². The highest BCUT2D eigenvalue weighted by atomic mass is 35.5. The van der Waals surface area contributed by atoms with Crippen LogP contribution in [-0.2, 0) is 16.0 Å². The number of carbonyl (C=O) groups is 2. The number of nitrogens with zero attached hydrogens (tertiary/aromatic N) is 1. The molecule has 1 aromatic rings. The molecule has 0 aromatic heterocycles. The third-order valence-corrected chi connectivity index (χ3v) is 4.34. The smallest absolute Gasteiger partial charge is 0.224 e. The highest BCUT2D eigenvalue weighted by molar-refractivity contribution is 6.35. The fourth-order valence-electron chi connectivity index (χ4n) is 2.49. The Morgan fingerprint density at radius 3 is 2.55 bits per heavy atom. The molecule has 0 spiro atoms. The van der Waals surface area contributed by atoms with Crippen LogP contribution in [0.3, 0.4) is 0 Å². The standard InChI is InChI=1S/C16H20Cl2N2O2/c17-13-5-3-12(14(18)11-13)4-6-15(21)19-8-7-16(22)20-9-1-2-10-20/h3,5,11H,1-2,4,6-10H2,(H,19,21). The summed E-state index contributed by atoms with van der Waals surface area (Å²) >= 11 is 11.9. The summed E-state index contributed by atoms with van der Waals surface area (Å²) in [5.41, 5.74) is 0.898. The van der Waals surface area contributed by atoms with Gasteiger partial charge in [-0.1, -0.05) is 29.3 Å². The Morgan fingerprint density at radius 1 is 1.14 bits per heavy atom. The highest BCUT2D eigenvalue weighted by Crippen LogP contribution is 2.21. The van der Waals surface area contributed by atoms with E-state index in [9.17, 15) is 9.59 Å². The minimum absolute atomic E-state index is 0.0692. The molecule has 1 saturated heterocycles. The molecular weight excluding hydrogens is 323 g/mol. The van der Waals surface area contributed by atoms with Crippen LogP contribution in [-0.4, -0.2) is 36.3 Å².